The topological polar surface area (TPSA) is 67.6 Å². The lowest BCUT2D eigenvalue weighted by atomic mass is 10.3. The summed E-state index contributed by atoms with van der Waals surface area (Å²) in [5, 5.41) is 2.84. The van der Waals surface area contributed by atoms with Crippen molar-refractivity contribution in [3.63, 3.8) is 0 Å². The van der Waals surface area contributed by atoms with Crippen LogP contribution in [-0.2, 0) is 0 Å². The van der Waals surface area contributed by atoms with Gasteiger partial charge in [-0.1, -0.05) is 0 Å². The second-order valence-electron chi connectivity index (χ2n) is 3.88. The monoisotopic (exact) mass is 251 g/mol. The Bertz CT molecular complexity index is 365. The van der Waals surface area contributed by atoms with Crippen LogP contribution in [0.25, 0.3) is 0 Å². The van der Waals surface area contributed by atoms with E-state index in [9.17, 15) is 4.79 Å². The second-order valence-corrected chi connectivity index (χ2v) is 3.88. The van der Waals surface area contributed by atoms with Crippen LogP contribution in [0.15, 0.2) is 24.3 Å². The molecule has 0 unspecified atom stereocenters. The lowest BCUT2D eigenvalue weighted by Gasteiger charge is -2.21. The van der Waals surface area contributed by atoms with Crippen molar-refractivity contribution >= 4 is 11.7 Å². The molecule has 0 bridgehead atoms. The second kappa shape index (κ2) is 7.55. The normalized spacial score (nSPS) is 9.94. The predicted octanol–water partition coefficient (Wildman–Crippen LogP) is 1.90. The number of nitrogens with zero attached hydrogens (tertiary/aromatic N) is 1. The van der Waals surface area contributed by atoms with Gasteiger partial charge in [-0.05, 0) is 44.2 Å². The van der Waals surface area contributed by atoms with E-state index in [1.807, 2.05) is 31.2 Å². The van der Waals surface area contributed by atoms with Gasteiger partial charge in [0.25, 0.3) is 0 Å². The summed E-state index contributed by atoms with van der Waals surface area (Å²) < 4.78 is 5.06. The number of ether oxygens (including phenoxy) is 1. The Balaban J connectivity index is 2.55. The molecule has 5 heteroatoms. The number of amides is 2. The third-order valence-electron chi connectivity index (χ3n) is 2.64. The highest BCUT2D eigenvalue weighted by Gasteiger charge is 2.10. The summed E-state index contributed by atoms with van der Waals surface area (Å²) in [6, 6.07) is 7.15. The van der Waals surface area contributed by atoms with Crippen LogP contribution in [0, 0.1) is 0 Å². The first-order valence-corrected chi connectivity index (χ1v) is 6.11. The Hall–Kier alpha value is -1.75. The summed E-state index contributed by atoms with van der Waals surface area (Å²) in [5.41, 5.74) is 6.20. The Labute approximate surface area is 108 Å². The minimum Gasteiger partial charge on any atom is -0.497 e. The van der Waals surface area contributed by atoms with Crippen LogP contribution in [-0.4, -0.2) is 37.7 Å². The maximum atomic E-state index is 11.9. The van der Waals surface area contributed by atoms with Crippen molar-refractivity contribution in [2.24, 2.45) is 5.73 Å². The maximum absolute atomic E-state index is 11.9. The molecule has 100 valence electrons. The molecule has 1 aromatic rings. The number of nitrogens with two attached hydrogens (primary N) is 1. The average Bonchev–Trinajstić information content (AvgIpc) is 2.40. The van der Waals surface area contributed by atoms with Gasteiger partial charge in [-0.25, -0.2) is 4.79 Å². The zero-order valence-electron chi connectivity index (χ0n) is 11.0. The molecule has 3 N–H and O–H groups in total. The minimum absolute atomic E-state index is 0.101. The van der Waals surface area contributed by atoms with Gasteiger partial charge in [-0.15, -0.1) is 0 Å². The van der Waals surface area contributed by atoms with Gasteiger partial charge in [0.15, 0.2) is 0 Å². The largest absolute Gasteiger partial charge is 0.497 e. The van der Waals surface area contributed by atoms with Crippen LogP contribution in [0.5, 0.6) is 5.75 Å². The van der Waals surface area contributed by atoms with Gasteiger partial charge < -0.3 is 20.7 Å². The third kappa shape index (κ3) is 4.25. The molecule has 0 fully saturated rings. The van der Waals surface area contributed by atoms with E-state index < -0.39 is 0 Å². The van der Waals surface area contributed by atoms with Crippen molar-refractivity contribution in [2.75, 3.05) is 32.1 Å². The van der Waals surface area contributed by atoms with E-state index in [1.165, 1.54) is 0 Å². The van der Waals surface area contributed by atoms with Crippen LogP contribution in [0.3, 0.4) is 0 Å². The zero-order valence-corrected chi connectivity index (χ0v) is 11.0. The maximum Gasteiger partial charge on any atom is 0.321 e. The van der Waals surface area contributed by atoms with Crippen LogP contribution in [0.4, 0.5) is 10.5 Å². The molecular formula is C13H21N3O2. The minimum atomic E-state index is -0.101. The molecule has 0 aliphatic carbocycles. The van der Waals surface area contributed by atoms with Crippen molar-refractivity contribution in [1.29, 1.82) is 0 Å². The highest BCUT2D eigenvalue weighted by molar-refractivity contribution is 5.89. The van der Waals surface area contributed by atoms with Gasteiger partial charge in [0.05, 0.1) is 7.11 Å². The van der Waals surface area contributed by atoms with E-state index in [2.05, 4.69) is 5.32 Å². The number of urea groups is 1. The molecule has 0 atom stereocenters. The van der Waals surface area contributed by atoms with E-state index in [0.29, 0.717) is 19.6 Å². The lowest BCUT2D eigenvalue weighted by Crippen LogP contribution is -2.36. The zero-order chi connectivity index (χ0) is 13.4. The fourth-order valence-electron chi connectivity index (χ4n) is 1.56. The SMILES string of the molecule is CCN(CCCN)C(=O)Nc1ccc(OC)cc1. The van der Waals surface area contributed by atoms with Crippen molar-refractivity contribution < 1.29 is 9.53 Å². The van der Waals surface area contributed by atoms with E-state index in [0.717, 1.165) is 17.9 Å². The summed E-state index contributed by atoms with van der Waals surface area (Å²) in [7, 11) is 1.61. The quantitative estimate of drug-likeness (QED) is 0.811. The van der Waals surface area contributed by atoms with Crippen LogP contribution in [0.1, 0.15) is 13.3 Å². The van der Waals surface area contributed by atoms with Gasteiger partial charge >= 0.3 is 6.03 Å². The number of carbonyl (C=O) groups is 1. The standard InChI is InChI=1S/C13H21N3O2/c1-3-16(10-4-9-14)13(17)15-11-5-7-12(18-2)8-6-11/h5-8H,3-4,9-10,14H2,1-2H3,(H,15,17). The molecule has 0 aliphatic heterocycles. The van der Waals surface area contributed by atoms with Crippen LogP contribution in [0.2, 0.25) is 0 Å². The summed E-state index contributed by atoms with van der Waals surface area (Å²) in [4.78, 5) is 13.7. The van der Waals surface area contributed by atoms with Crippen LogP contribution < -0.4 is 15.8 Å². The summed E-state index contributed by atoms with van der Waals surface area (Å²) in [5.74, 6) is 0.767. The fourth-order valence-corrected chi connectivity index (χ4v) is 1.56. The lowest BCUT2D eigenvalue weighted by molar-refractivity contribution is 0.214. The number of carbonyl (C=O) groups excluding carboxylic acids is 1. The van der Waals surface area contributed by atoms with Crippen LogP contribution >= 0.6 is 0 Å². The van der Waals surface area contributed by atoms with Gasteiger partial charge in [0.1, 0.15) is 5.75 Å². The first-order chi connectivity index (χ1) is 8.71. The molecular weight excluding hydrogens is 230 g/mol. The van der Waals surface area contributed by atoms with Crippen molar-refractivity contribution in [2.45, 2.75) is 13.3 Å². The summed E-state index contributed by atoms with van der Waals surface area (Å²) in [6.07, 6.45) is 0.809. The van der Waals surface area contributed by atoms with Gasteiger partial charge in [-0.3, -0.25) is 0 Å². The summed E-state index contributed by atoms with van der Waals surface area (Å²) >= 11 is 0. The smallest absolute Gasteiger partial charge is 0.321 e. The first-order valence-electron chi connectivity index (χ1n) is 6.11. The first kappa shape index (κ1) is 14.3. The molecule has 0 aliphatic rings. The molecule has 0 aromatic heterocycles. The number of methoxy groups -OCH3 is 1. The highest BCUT2D eigenvalue weighted by atomic mass is 16.5. The Kier molecular flexibility index (Phi) is 6.00. The molecule has 0 heterocycles. The number of rotatable bonds is 6. The number of benzene rings is 1. The third-order valence-corrected chi connectivity index (χ3v) is 2.64. The Morgan fingerprint density at radius 3 is 2.56 bits per heavy atom. The van der Waals surface area contributed by atoms with Crippen molar-refractivity contribution in [1.82, 2.24) is 4.90 Å². The van der Waals surface area contributed by atoms with E-state index in [-0.39, 0.29) is 6.03 Å². The number of nitrogens with one attached hydrogen (secondary N) is 1. The van der Waals surface area contributed by atoms with E-state index >= 15 is 0 Å². The molecule has 0 radical (unpaired) electrons. The molecule has 1 rings (SSSR count). The van der Waals surface area contributed by atoms with Gasteiger partial charge in [0.2, 0.25) is 0 Å². The van der Waals surface area contributed by atoms with Crippen molar-refractivity contribution in [3.05, 3.63) is 24.3 Å². The molecule has 18 heavy (non-hydrogen) atoms. The Morgan fingerprint density at radius 2 is 2.06 bits per heavy atom. The van der Waals surface area contributed by atoms with Crippen molar-refractivity contribution in [3.8, 4) is 5.75 Å². The molecule has 5 nitrogen and oxygen atoms in total. The molecule has 0 saturated heterocycles. The van der Waals surface area contributed by atoms with E-state index in [4.69, 9.17) is 10.5 Å². The number of anilines is 1. The molecule has 0 saturated carbocycles. The molecule has 2 amide bonds. The van der Waals surface area contributed by atoms with E-state index in [1.54, 1.807) is 12.0 Å². The predicted molar refractivity (Wildman–Crippen MR) is 72.9 cm³/mol. The number of hydrogen-bond acceptors (Lipinski definition) is 3. The highest BCUT2D eigenvalue weighted by Crippen LogP contribution is 2.15. The Morgan fingerprint density at radius 1 is 1.39 bits per heavy atom. The fraction of sp³-hybridized carbons (Fsp3) is 0.462. The average molecular weight is 251 g/mol. The molecule has 1 aromatic carbocycles. The number of hydrogen-bond donors (Lipinski definition) is 2. The van der Waals surface area contributed by atoms with Gasteiger partial charge in [-0.2, -0.15) is 0 Å². The molecule has 0 spiro atoms. The van der Waals surface area contributed by atoms with Gasteiger partial charge in [0, 0.05) is 18.8 Å². The summed E-state index contributed by atoms with van der Waals surface area (Å²) in [6.45, 7) is 3.88.